The zero-order valence-corrected chi connectivity index (χ0v) is 7.12. The summed E-state index contributed by atoms with van der Waals surface area (Å²) in [7, 11) is 0. The van der Waals surface area contributed by atoms with Crippen LogP contribution in [0.15, 0.2) is 30.5 Å². The first-order valence-corrected chi connectivity index (χ1v) is 4.15. The highest BCUT2D eigenvalue weighted by Gasteiger charge is 2.00. The molecule has 0 atom stereocenters. The predicted octanol–water partition coefficient (Wildman–Crippen LogP) is 2.52. The minimum absolute atomic E-state index is 0.997. The van der Waals surface area contributed by atoms with Crippen LogP contribution in [0.3, 0.4) is 0 Å². The van der Waals surface area contributed by atoms with Crippen molar-refractivity contribution >= 4 is 6.08 Å². The van der Waals surface area contributed by atoms with Gasteiger partial charge in [0.2, 0.25) is 0 Å². The van der Waals surface area contributed by atoms with Gasteiger partial charge in [-0.25, -0.2) is 0 Å². The van der Waals surface area contributed by atoms with Crippen LogP contribution in [-0.2, 0) is 6.42 Å². The van der Waals surface area contributed by atoms with Crippen molar-refractivity contribution in [1.82, 2.24) is 4.98 Å². The lowest BCUT2D eigenvalue weighted by Gasteiger charge is -2.01. The minimum Gasteiger partial charge on any atom is -0.256 e. The molecule has 1 nitrogen and oxygen atoms in total. The van der Waals surface area contributed by atoms with E-state index in [1.54, 1.807) is 0 Å². The van der Waals surface area contributed by atoms with E-state index in [1.807, 2.05) is 12.3 Å². The lowest BCUT2D eigenvalue weighted by molar-refractivity contribution is 1.14. The van der Waals surface area contributed by atoms with Crippen molar-refractivity contribution in [3.05, 3.63) is 47.3 Å². The highest BCUT2D eigenvalue weighted by Crippen LogP contribution is 2.13. The molecule has 0 fully saturated rings. The quantitative estimate of drug-likeness (QED) is 0.564. The molecule has 0 aromatic carbocycles. The van der Waals surface area contributed by atoms with E-state index in [2.05, 4.69) is 36.2 Å². The highest BCUT2D eigenvalue weighted by molar-refractivity contribution is 5.53. The molecule has 12 heavy (non-hydrogen) atoms. The summed E-state index contributed by atoms with van der Waals surface area (Å²) in [6.45, 7) is 2.08. The minimum atomic E-state index is 0.997. The molecular weight excluding hydrogens is 146 g/mol. The number of pyridine rings is 1. The van der Waals surface area contributed by atoms with Crippen molar-refractivity contribution in [3.63, 3.8) is 0 Å². The van der Waals surface area contributed by atoms with Crippen LogP contribution in [0.2, 0.25) is 0 Å². The number of hydrogen-bond acceptors (Lipinski definition) is 1. The van der Waals surface area contributed by atoms with Crippen LogP contribution >= 0.6 is 0 Å². The molecule has 1 aromatic rings. The number of aryl methyl sites for hydroxylation is 1. The summed E-state index contributed by atoms with van der Waals surface area (Å²) < 4.78 is 0. The standard InChI is InChI=1S/C11H11N/c1-9-7-10-5-3-2-4-6-11(10)12-8-9/h2-4,6-8H,5H2,1H3. The van der Waals surface area contributed by atoms with Gasteiger partial charge in [-0.2, -0.15) is 0 Å². The largest absolute Gasteiger partial charge is 0.256 e. The number of fused-ring (bicyclic) bond motifs is 1. The van der Waals surface area contributed by atoms with E-state index in [4.69, 9.17) is 0 Å². The fourth-order valence-electron chi connectivity index (χ4n) is 1.37. The summed E-state index contributed by atoms with van der Waals surface area (Å²) in [6.07, 6.45) is 11.2. The first kappa shape index (κ1) is 7.29. The van der Waals surface area contributed by atoms with Gasteiger partial charge < -0.3 is 0 Å². The van der Waals surface area contributed by atoms with Crippen LogP contribution in [0.1, 0.15) is 16.8 Å². The maximum absolute atomic E-state index is 4.35. The zero-order chi connectivity index (χ0) is 8.39. The molecule has 1 heterocycles. The van der Waals surface area contributed by atoms with Gasteiger partial charge in [-0.1, -0.05) is 24.3 Å². The van der Waals surface area contributed by atoms with Crippen molar-refractivity contribution in [2.45, 2.75) is 13.3 Å². The predicted molar refractivity (Wildman–Crippen MR) is 50.9 cm³/mol. The Labute approximate surface area is 72.5 Å². The second kappa shape index (κ2) is 2.94. The third-order valence-corrected chi connectivity index (χ3v) is 1.98. The first-order valence-electron chi connectivity index (χ1n) is 4.15. The Hall–Kier alpha value is -1.37. The molecule has 0 radical (unpaired) electrons. The van der Waals surface area contributed by atoms with E-state index >= 15 is 0 Å². The molecule has 1 aliphatic carbocycles. The van der Waals surface area contributed by atoms with E-state index < -0.39 is 0 Å². The first-order chi connectivity index (χ1) is 5.86. The Morgan fingerprint density at radius 1 is 1.33 bits per heavy atom. The van der Waals surface area contributed by atoms with Gasteiger partial charge in [0.25, 0.3) is 0 Å². The average molecular weight is 157 g/mol. The summed E-state index contributed by atoms with van der Waals surface area (Å²) in [5.41, 5.74) is 3.66. The number of aromatic nitrogens is 1. The van der Waals surface area contributed by atoms with Gasteiger partial charge in [-0.05, 0) is 30.5 Å². The molecule has 0 aliphatic heterocycles. The third kappa shape index (κ3) is 1.30. The van der Waals surface area contributed by atoms with Crippen molar-refractivity contribution in [1.29, 1.82) is 0 Å². The molecule has 2 rings (SSSR count). The van der Waals surface area contributed by atoms with Crippen LogP contribution in [0.5, 0.6) is 0 Å². The average Bonchev–Trinajstić information content (AvgIpc) is 2.28. The van der Waals surface area contributed by atoms with Gasteiger partial charge in [-0.3, -0.25) is 4.98 Å². The summed E-state index contributed by atoms with van der Waals surface area (Å²) in [6, 6.07) is 2.20. The van der Waals surface area contributed by atoms with E-state index in [1.165, 1.54) is 11.1 Å². The van der Waals surface area contributed by atoms with Crippen LogP contribution in [-0.4, -0.2) is 4.98 Å². The lowest BCUT2D eigenvalue weighted by Crippen LogP contribution is -1.91. The Morgan fingerprint density at radius 2 is 2.25 bits per heavy atom. The van der Waals surface area contributed by atoms with Crippen molar-refractivity contribution in [3.8, 4) is 0 Å². The topological polar surface area (TPSA) is 12.9 Å². The number of hydrogen-bond donors (Lipinski definition) is 0. The van der Waals surface area contributed by atoms with Gasteiger partial charge in [0.15, 0.2) is 0 Å². The van der Waals surface area contributed by atoms with Crippen LogP contribution < -0.4 is 0 Å². The fourth-order valence-corrected chi connectivity index (χ4v) is 1.37. The summed E-state index contributed by atoms with van der Waals surface area (Å²) in [4.78, 5) is 4.35. The van der Waals surface area contributed by atoms with E-state index in [0.717, 1.165) is 12.1 Å². The maximum Gasteiger partial charge on any atom is 0.0664 e. The summed E-state index contributed by atoms with van der Waals surface area (Å²) >= 11 is 0. The van der Waals surface area contributed by atoms with E-state index in [0.29, 0.717) is 0 Å². The molecule has 0 amide bonds. The highest BCUT2D eigenvalue weighted by atomic mass is 14.7. The molecule has 1 aliphatic rings. The van der Waals surface area contributed by atoms with Crippen LogP contribution in [0.25, 0.3) is 6.08 Å². The summed E-state index contributed by atoms with van der Waals surface area (Å²) in [5, 5.41) is 0. The Morgan fingerprint density at radius 3 is 3.17 bits per heavy atom. The SMILES string of the molecule is Cc1cnc2c(c1)CC=CC=C2. The molecule has 0 saturated carbocycles. The number of nitrogens with zero attached hydrogens (tertiary/aromatic N) is 1. The molecule has 0 bridgehead atoms. The molecule has 0 saturated heterocycles. The second-order valence-electron chi connectivity index (χ2n) is 3.05. The van der Waals surface area contributed by atoms with Gasteiger partial charge in [0.1, 0.15) is 0 Å². The lowest BCUT2D eigenvalue weighted by atomic mass is 10.1. The van der Waals surface area contributed by atoms with Gasteiger partial charge >= 0.3 is 0 Å². The number of rotatable bonds is 0. The van der Waals surface area contributed by atoms with Crippen molar-refractivity contribution < 1.29 is 0 Å². The van der Waals surface area contributed by atoms with Crippen LogP contribution in [0.4, 0.5) is 0 Å². The van der Waals surface area contributed by atoms with Crippen molar-refractivity contribution in [2.24, 2.45) is 0 Å². The summed E-state index contributed by atoms with van der Waals surface area (Å²) in [5.74, 6) is 0. The Bertz CT molecular complexity index is 348. The number of allylic oxidation sites excluding steroid dienone is 3. The van der Waals surface area contributed by atoms with Crippen LogP contribution in [0, 0.1) is 6.92 Å². The Balaban J connectivity index is 2.53. The molecule has 0 N–H and O–H groups in total. The third-order valence-electron chi connectivity index (χ3n) is 1.98. The van der Waals surface area contributed by atoms with Gasteiger partial charge in [-0.15, -0.1) is 0 Å². The van der Waals surface area contributed by atoms with Gasteiger partial charge in [0, 0.05) is 6.20 Å². The molecule has 1 heteroatoms. The normalized spacial score (nSPS) is 14.1. The van der Waals surface area contributed by atoms with E-state index in [-0.39, 0.29) is 0 Å². The molecule has 1 aromatic heterocycles. The molecular formula is C11H11N. The molecule has 0 spiro atoms. The second-order valence-corrected chi connectivity index (χ2v) is 3.05. The molecule has 0 unspecified atom stereocenters. The smallest absolute Gasteiger partial charge is 0.0664 e. The van der Waals surface area contributed by atoms with E-state index in [9.17, 15) is 0 Å². The monoisotopic (exact) mass is 157 g/mol. The van der Waals surface area contributed by atoms with Gasteiger partial charge in [0.05, 0.1) is 5.69 Å². The Kier molecular flexibility index (Phi) is 1.78. The molecule has 60 valence electrons. The fraction of sp³-hybridized carbons (Fsp3) is 0.182. The zero-order valence-electron chi connectivity index (χ0n) is 7.12. The van der Waals surface area contributed by atoms with Crippen molar-refractivity contribution in [2.75, 3.05) is 0 Å². The maximum atomic E-state index is 4.35.